The van der Waals surface area contributed by atoms with Crippen molar-refractivity contribution in [2.24, 2.45) is 5.92 Å². The van der Waals surface area contributed by atoms with E-state index in [-0.39, 0.29) is 11.8 Å². The Hall–Kier alpha value is -1.84. The van der Waals surface area contributed by atoms with Crippen LogP contribution >= 0.6 is 0 Å². The molecular weight excluding hydrogens is 252 g/mol. The molecule has 20 heavy (non-hydrogen) atoms. The van der Waals surface area contributed by atoms with Crippen molar-refractivity contribution < 1.29 is 9.59 Å². The predicted octanol–water partition coefficient (Wildman–Crippen LogP) is 2.49. The van der Waals surface area contributed by atoms with Crippen molar-refractivity contribution in [1.29, 1.82) is 0 Å². The molecule has 0 aromatic heterocycles. The standard InChI is InChI=1S/C16H24N2O2/c1-12(2)5-4-10-17-16(20)15-8-6-14(7-9-15)11-18-13(3)19/h6-9,12H,4-5,10-11H2,1-3H3,(H,17,20)(H,18,19). The molecule has 0 aliphatic heterocycles. The Kier molecular flexibility index (Phi) is 6.77. The molecule has 2 N–H and O–H groups in total. The lowest BCUT2D eigenvalue weighted by Gasteiger charge is -2.08. The summed E-state index contributed by atoms with van der Waals surface area (Å²) in [6.45, 7) is 7.04. The molecule has 0 fully saturated rings. The van der Waals surface area contributed by atoms with Gasteiger partial charge in [-0.1, -0.05) is 26.0 Å². The summed E-state index contributed by atoms with van der Waals surface area (Å²) in [4.78, 5) is 22.7. The number of nitrogens with one attached hydrogen (secondary N) is 2. The van der Waals surface area contributed by atoms with Crippen molar-refractivity contribution in [2.45, 2.75) is 40.2 Å². The van der Waals surface area contributed by atoms with Gasteiger partial charge in [-0.2, -0.15) is 0 Å². The molecule has 1 aromatic rings. The SMILES string of the molecule is CC(=O)NCc1ccc(C(=O)NCCCC(C)C)cc1. The molecule has 1 rings (SSSR count). The van der Waals surface area contributed by atoms with Crippen LogP contribution in [-0.2, 0) is 11.3 Å². The van der Waals surface area contributed by atoms with Crippen molar-refractivity contribution >= 4 is 11.8 Å². The van der Waals surface area contributed by atoms with Gasteiger partial charge in [0.05, 0.1) is 0 Å². The van der Waals surface area contributed by atoms with Crippen LogP contribution in [0, 0.1) is 5.92 Å². The van der Waals surface area contributed by atoms with E-state index in [0.717, 1.165) is 18.4 Å². The molecule has 0 saturated carbocycles. The molecule has 0 atom stereocenters. The van der Waals surface area contributed by atoms with Crippen LogP contribution in [0.15, 0.2) is 24.3 Å². The molecule has 0 aliphatic rings. The minimum Gasteiger partial charge on any atom is -0.352 e. The summed E-state index contributed by atoms with van der Waals surface area (Å²) < 4.78 is 0. The van der Waals surface area contributed by atoms with Gasteiger partial charge in [0.2, 0.25) is 5.91 Å². The zero-order chi connectivity index (χ0) is 15.0. The second-order valence-electron chi connectivity index (χ2n) is 5.40. The van der Waals surface area contributed by atoms with Gasteiger partial charge in [-0.05, 0) is 36.5 Å². The highest BCUT2D eigenvalue weighted by atomic mass is 16.2. The van der Waals surface area contributed by atoms with Crippen LogP contribution in [0.25, 0.3) is 0 Å². The maximum Gasteiger partial charge on any atom is 0.251 e. The number of carbonyl (C=O) groups is 2. The molecule has 4 nitrogen and oxygen atoms in total. The third-order valence-electron chi connectivity index (χ3n) is 3.00. The molecule has 0 radical (unpaired) electrons. The first-order chi connectivity index (χ1) is 9.49. The first-order valence-electron chi connectivity index (χ1n) is 7.10. The summed E-state index contributed by atoms with van der Waals surface area (Å²) in [5, 5.41) is 5.64. The number of hydrogen-bond acceptors (Lipinski definition) is 2. The normalized spacial score (nSPS) is 10.4. The smallest absolute Gasteiger partial charge is 0.251 e. The molecule has 2 amide bonds. The number of amides is 2. The van der Waals surface area contributed by atoms with Gasteiger partial charge in [0.1, 0.15) is 0 Å². The van der Waals surface area contributed by atoms with Crippen molar-refractivity contribution in [3.05, 3.63) is 35.4 Å². The number of carbonyl (C=O) groups excluding carboxylic acids is 2. The van der Waals surface area contributed by atoms with Crippen molar-refractivity contribution in [3.8, 4) is 0 Å². The minimum atomic E-state index is -0.0584. The monoisotopic (exact) mass is 276 g/mol. The Morgan fingerprint density at radius 1 is 1.10 bits per heavy atom. The summed E-state index contributed by atoms with van der Waals surface area (Å²) in [7, 11) is 0. The highest BCUT2D eigenvalue weighted by Crippen LogP contribution is 2.05. The third kappa shape index (κ3) is 6.36. The van der Waals surface area contributed by atoms with Crippen LogP contribution in [0.3, 0.4) is 0 Å². The fourth-order valence-electron chi connectivity index (χ4n) is 1.81. The quantitative estimate of drug-likeness (QED) is 0.752. The molecule has 0 spiro atoms. The zero-order valence-electron chi connectivity index (χ0n) is 12.5. The first-order valence-corrected chi connectivity index (χ1v) is 7.10. The summed E-state index contributed by atoms with van der Waals surface area (Å²) in [6, 6.07) is 7.29. The topological polar surface area (TPSA) is 58.2 Å². The van der Waals surface area contributed by atoms with E-state index in [1.807, 2.05) is 12.1 Å². The Morgan fingerprint density at radius 2 is 1.75 bits per heavy atom. The molecule has 1 aromatic carbocycles. The van der Waals surface area contributed by atoms with Gasteiger partial charge in [0.15, 0.2) is 0 Å². The molecule has 110 valence electrons. The van der Waals surface area contributed by atoms with Gasteiger partial charge in [-0.15, -0.1) is 0 Å². The number of hydrogen-bond donors (Lipinski definition) is 2. The molecule has 0 heterocycles. The van der Waals surface area contributed by atoms with Crippen molar-refractivity contribution in [3.63, 3.8) is 0 Å². The van der Waals surface area contributed by atoms with Crippen molar-refractivity contribution in [1.82, 2.24) is 10.6 Å². The lowest BCUT2D eigenvalue weighted by atomic mass is 10.1. The van der Waals surface area contributed by atoms with Crippen LogP contribution in [0.5, 0.6) is 0 Å². The molecule has 0 unspecified atom stereocenters. The summed E-state index contributed by atoms with van der Waals surface area (Å²) >= 11 is 0. The van der Waals surface area contributed by atoms with Gasteiger partial charge in [0, 0.05) is 25.6 Å². The Morgan fingerprint density at radius 3 is 2.30 bits per heavy atom. The van der Waals surface area contributed by atoms with E-state index in [1.165, 1.54) is 6.92 Å². The second kappa shape index (κ2) is 8.35. The molecule has 4 heteroatoms. The van der Waals surface area contributed by atoms with E-state index in [0.29, 0.717) is 24.6 Å². The van der Waals surface area contributed by atoms with Crippen LogP contribution < -0.4 is 10.6 Å². The maximum absolute atomic E-state index is 11.9. The maximum atomic E-state index is 11.9. The fourth-order valence-corrected chi connectivity index (χ4v) is 1.81. The van der Waals surface area contributed by atoms with E-state index in [9.17, 15) is 9.59 Å². The highest BCUT2D eigenvalue weighted by molar-refractivity contribution is 5.94. The van der Waals surface area contributed by atoms with Gasteiger partial charge >= 0.3 is 0 Å². The Labute approximate surface area is 121 Å². The first kappa shape index (κ1) is 16.2. The average Bonchev–Trinajstić information content (AvgIpc) is 2.41. The van der Waals surface area contributed by atoms with Crippen LogP contribution in [0.1, 0.15) is 49.5 Å². The summed E-state index contributed by atoms with van der Waals surface area (Å²) in [5.74, 6) is 0.566. The van der Waals surface area contributed by atoms with Gasteiger partial charge in [0.25, 0.3) is 5.91 Å². The number of benzene rings is 1. The zero-order valence-corrected chi connectivity index (χ0v) is 12.5. The van der Waals surface area contributed by atoms with Crippen LogP contribution in [0.4, 0.5) is 0 Å². The van der Waals surface area contributed by atoms with E-state index in [1.54, 1.807) is 12.1 Å². The Balaban J connectivity index is 2.39. The average molecular weight is 276 g/mol. The van der Waals surface area contributed by atoms with Gasteiger partial charge in [-0.3, -0.25) is 9.59 Å². The fraction of sp³-hybridized carbons (Fsp3) is 0.500. The minimum absolute atomic E-state index is 0.0418. The number of rotatable bonds is 7. The lowest BCUT2D eigenvalue weighted by molar-refractivity contribution is -0.119. The Bertz CT molecular complexity index is 438. The van der Waals surface area contributed by atoms with E-state index in [4.69, 9.17) is 0 Å². The molecule has 0 aliphatic carbocycles. The summed E-state index contributed by atoms with van der Waals surface area (Å²) in [5.41, 5.74) is 1.64. The van der Waals surface area contributed by atoms with Crippen LogP contribution in [-0.4, -0.2) is 18.4 Å². The van der Waals surface area contributed by atoms with Crippen molar-refractivity contribution in [2.75, 3.05) is 6.54 Å². The van der Waals surface area contributed by atoms with Crippen LogP contribution in [0.2, 0.25) is 0 Å². The van der Waals surface area contributed by atoms with E-state index >= 15 is 0 Å². The molecule has 0 bridgehead atoms. The second-order valence-corrected chi connectivity index (χ2v) is 5.40. The lowest BCUT2D eigenvalue weighted by Crippen LogP contribution is -2.24. The van der Waals surface area contributed by atoms with E-state index < -0.39 is 0 Å². The largest absolute Gasteiger partial charge is 0.352 e. The third-order valence-corrected chi connectivity index (χ3v) is 3.00. The summed E-state index contributed by atoms with van der Waals surface area (Å²) in [6.07, 6.45) is 2.12. The molecular formula is C16H24N2O2. The molecule has 0 saturated heterocycles. The van der Waals surface area contributed by atoms with E-state index in [2.05, 4.69) is 24.5 Å². The van der Waals surface area contributed by atoms with Gasteiger partial charge in [-0.25, -0.2) is 0 Å². The predicted molar refractivity (Wildman–Crippen MR) is 80.4 cm³/mol. The van der Waals surface area contributed by atoms with Gasteiger partial charge < -0.3 is 10.6 Å². The highest BCUT2D eigenvalue weighted by Gasteiger charge is 2.05.